The molecule has 1 aromatic carbocycles. The molecule has 0 amide bonds. The molecule has 0 spiro atoms. The van der Waals surface area contributed by atoms with Crippen molar-refractivity contribution in [3.05, 3.63) is 54.1 Å². The third kappa shape index (κ3) is 1.76. The lowest BCUT2D eigenvalue weighted by molar-refractivity contribution is 0.112. The van der Waals surface area contributed by atoms with Crippen LogP contribution in [0.4, 0.5) is 4.39 Å². The molecule has 3 heteroatoms. The fraction of sp³-hybridized carbons (Fsp3) is 0. The van der Waals surface area contributed by atoms with Crippen molar-refractivity contribution in [2.45, 2.75) is 0 Å². The Balaban J connectivity index is 2.59. The Labute approximate surface area is 86.4 Å². The van der Waals surface area contributed by atoms with E-state index in [1.807, 2.05) is 0 Å². The SMILES string of the molecule is O=Cc1cccc(-c2cccnc2)c1F. The maximum absolute atomic E-state index is 13.7. The summed E-state index contributed by atoms with van der Waals surface area (Å²) >= 11 is 0. The summed E-state index contributed by atoms with van der Waals surface area (Å²) in [6.07, 6.45) is 3.69. The van der Waals surface area contributed by atoms with Crippen LogP contribution in [-0.4, -0.2) is 11.3 Å². The van der Waals surface area contributed by atoms with E-state index in [0.29, 0.717) is 17.4 Å². The van der Waals surface area contributed by atoms with Gasteiger partial charge in [0.25, 0.3) is 0 Å². The van der Waals surface area contributed by atoms with Gasteiger partial charge in [0, 0.05) is 23.5 Å². The van der Waals surface area contributed by atoms with E-state index < -0.39 is 5.82 Å². The highest BCUT2D eigenvalue weighted by Crippen LogP contribution is 2.23. The number of hydrogen-bond acceptors (Lipinski definition) is 2. The molecule has 1 aromatic heterocycles. The van der Waals surface area contributed by atoms with Gasteiger partial charge in [-0.2, -0.15) is 0 Å². The minimum absolute atomic E-state index is 0.0661. The summed E-state index contributed by atoms with van der Waals surface area (Å²) in [6.45, 7) is 0. The van der Waals surface area contributed by atoms with E-state index in [1.165, 1.54) is 6.07 Å². The van der Waals surface area contributed by atoms with Gasteiger partial charge in [-0.3, -0.25) is 9.78 Å². The number of aromatic nitrogens is 1. The van der Waals surface area contributed by atoms with Crippen LogP contribution < -0.4 is 0 Å². The van der Waals surface area contributed by atoms with Crippen molar-refractivity contribution in [1.29, 1.82) is 0 Å². The van der Waals surface area contributed by atoms with Gasteiger partial charge in [-0.15, -0.1) is 0 Å². The molecule has 0 N–H and O–H groups in total. The van der Waals surface area contributed by atoms with Gasteiger partial charge in [0.2, 0.25) is 0 Å². The number of nitrogens with zero attached hydrogens (tertiary/aromatic N) is 1. The number of halogens is 1. The second-order valence-electron chi connectivity index (χ2n) is 3.07. The Morgan fingerprint density at radius 2 is 2.07 bits per heavy atom. The smallest absolute Gasteiger partial charge is 0.153 e. The van der Waals surface area contributed by atoms with Crippen LogP contribution in [0, 0.1) is 5.82 Å². The summed E-state index contributed by atoms with van der Waals surface area (Å²) in [5, 5.41) is 0. The summed E-state index contributed by atoms with van der Waals surface area (Å²) in [7, 11) is 0. The predicted octanol–water partition coefficient (Wildman–Crippen LogP) is 2.70. The van der Waals surface area contributed by atoms with Gasteiger partial charge in [0.05, 0.1) is 5.56 Å². The molecule has 0 radical (unpaired) electrons. The van der Waals surface area contributed by atoms with Crippen molar-refractivity contribution in [1.82, 2.24) is 4.98 Å². The van der Waals surface area contributed by atoms with E-state index in [1.54, 1.807) is 36.7 Å². The lowest BCUT2D eigenvalue weighted by Gasteiger charge is -2.03. The molecule has 2 rings (SSSR count). The fourth-order valence-electron chi connectivity index (χ4n) is 1.39. The van der Waals surface area contributed by atoms with Crippen LogP contribution in [0.15, 0.2) is 42.7 Å². The molecule has 0 aliphatic carbocycles. The van der Waals surface area contributed by atoms with Crippen LogP contribution in [-0.2, 0) is 0 Å². The number of pyridine rings is 1. The summed E-state index contributed by atoms with van der Waals surface area (Å²) in [4.78, 5) is 14.5. The van der Waals surface area contributed by atoms with E-state index in [0.717, 1.165) is 0 Å². The van der Waals surface area contributed by atoms with Crippen molar-refractivity contribution in [3.63, 3.8) is 0 Å². The first kappa shape index (κ1) is 9.52. The Bertz CT molecular complexity index is 482. The number of benzene rings is 1. The zero-order valence-corrected chi connectivity index (χ0v) is 7.85. The standard InChI is InChI=1S/C12H8FNO/c13-12-10(8-15)3-1-5-11(12)9-4-2-6-14-7-9/h1-8H. The van der Waals surface area contributed by atoms with Crippen LogP contribution in [0.1, 0.15) is 10.4 Å². The van der Waals surface area contributed by atoms with Crippen molar-refractivity contribution < 1.29 is 9.18 Å². The van der Waals surface area contributed by atoms with Crippen LogP contribution in [0.25, 0.3) is 11.1 Å². The Hall–Kier alpha value is -2.03. The molecule has 0 unspecified atom stereocenters. The largest absolute Gasteiger partial charge is 0.298 e. The summed E-state index contributed by atoms with van der Waals surface area (Å²) in [5.41, 5.74) is 1.13. The summed E-state index contributed by atoms with van der Waals surface area (Å²) < 4.78 is 13.7. The van der Waals surface area contributed by atoms with Crippen LogP contribution in [0.5, 0.6) is 0 Å². The maximum Gasteiger partial charge on any atom is 0.153 e. The van der Waals surface area contributed by atoms with E-state index >= 15 is 0 Å². The lowest BCUT2D eigenvalue weighted by Crippen LogP contribution is -1.91. The van der Waals surface area contributed by atoms with Gasteiger partial charge in [-0.25, -0.2) is 4.39 Å². The number of rotatable bonds is 2. The quantitative estimate of drug-likeness (QED) is 0.699. The topological polar surface area (TPSA) is 30.0 Å². The number of hydrogen-bond donors (Lipinski definition) is 0. The first-order valence-corrected chi connectivity index (χ1v) is 4.47. The van der Waals surface area contributed by atoms with Gasteiger partial charge in [-0.05, 0) is 12.1 Å². The molecule has 0 aliphatic heterocycles. The van der Waals surface area contributed by atoms with E-state index in [2.05, 4.69) is 4.98 Å². The molecule has 0 atom stereocenters. The molecule has 15 heavy (non-hydrogen) atoms. The van der Waals surface area contributed by atoms with E-state index in [9.17, 15) is 9.18 Å². The maximum atomic E-state index is 13.7. The second kappa shape index (κ2) is 4.00. The molecule has 0 fully saturated rings. The first-order chi connectivity index (χ1) is 7.33. The molecular formula is C12H8FNO. The van der Waals surface area contributed by atoms with Gasteiger partial charge in [0.15, 0.2) is 6.29 Å². The summed E-state index contributed by atoms with van der Waals surface area (Å²) in [5.74, 6) is -0.500. The molecule has 1 heterocycles. The minimum atomic E-state index is -0.500. The third-order valence-electron chi connectivity index (χ3n) is 2.13. The molecule has 0 bridgehead atoms. The van der Waals surface area contributed by atoms with Crippen molar-refractivity contribution in [3.8, 4) is 11.1 Å². The average molecular weight is 201 g/mol. The first-order valence-electron chi connectivity index (χ1n) is 4.47. The molecule has 74 valence electrons. The van der Waals surface area contributed by atoms with Crippen molar-refractivity contribution >= 4 is 6.29 Å². The van der Waals surface area contributed by atoms with Crippen molar-refractivity contribution in [2.24, 2.45) is 0 Å². The van der Waals surface area contributed by atoms with Gasteiger partial charge >= 0.3 is 0 Å². The number of carbonyl (C=O) groups is 1. The van der Waals surface area contributed by atoms with Crippen LogP contribution >= 0.6 is 0 Å². The molecule has 2 aromatic rings. The Kier molecular flexibility index (Phi) is 2.54. The fourth-order valence-corrected chi connectivity index (χ4v) is 1.39. The molecule has 0 saturated carbocycles. The van der Waals surface area contributed by atoms with E-state index in [-0.39, 0.29) is 5.56 Å². The van der Waals surface area contributed by atoms with Crippen LogP contribution in [0.3, 0.4) is 0 Å². The number of aldehydes is 1. The van der Waals surface area contributed by atoms with E-state index in [4.69, 9.17) is 0 Å². The zero-order valence-electron chi connectivity index (χ0n) is 7.85. The monoisotopic (exact) mass is 201 g/mol. The highest BCUT2D eigenvalue weighted by molar-refractivity contribution is 5.79. The minimum Gasteiger partial charge on any atom is -0.298 e. The summed E-state index contributed by atoms with van der Waals surface area (Å²) in [6, 6.07) is 8.19. The second-order valence-corrected chi connectivity index (χ2v) is 3.07. The van der Waals surface area contributed by atoms with Gasteiger partial charge in [-0.1, -0.05) is 18.2 Å². The zero-order chi connectivity index (χ0) is 10.7. The van der Waals surface area contributed by atoms with Gasteiger partial charge in [0.1, 0.15) is 5.82 Å². The highest BCUT2D eigenvalue weighted by atomic mass is 19.1. The highest BCUT2D eigenvalue weighted by Gasteiger charge is 2.08. The lowest BCUT2D eigenvalue weighted by atomic mass is 10.0. The third-order valence-corrected chi connectivity index (χ3v) is 2.13. The normalized spacial score (nSPS) is 9.93. The van der Waals surface area contributed by atoms with Crippen LogP contribution in [0.2, 0.25) is 0 Å². The average Bonchev–Trinajstić information content (AvgIpc) is 2.30. The molecule has 0 aliphatic rings. The van der Waals surface area contributed by atoms with Crippen molar-refractivity contribution in [2.75, 3.05) is 0 Å². The Morgan fingerprint density at radius 3 is 2.73 bits per heavy atom. The Morgan fingerprint density at radius 1 is 1.20 bits per heavy atom. The van der Waals surface area contributed by atoms with Gasteiger partial charge < -0.3 is 0 Å². The number of carbonyl (C=O) groups excluding carboxylic acids is 1. The molecule has 0 saturated heterocycles. The molecule has 2 nitrogen and oxygen atoms in total. The molecular weight excluding hydrogens is 193 g/mol. The predicted molar refractivity (Wildman–Crippen MR) is 55.0 cm³/mol.